The molecule has 2 aromatic carbocycles. The van der Waals surface area contributed by atoms with Crippen molar-refractivity contribution in [3.8, 4) is 0 Å². The van der Waals surface area contributed by atoms with Gasteiger partial charge < -0.3 is 10.4 Å². The number of anilines is 1. The molecule has 21 heavy (non-hydrogen) atoms. The zero-order valence-corrected chi connectivity index (χ0v) is 13.7. The summed E-state index contributed by atoms with van der Waals surface area (Å²) in [6.45, 7) is 0. The Labute approximate surface area is 140 Å². The van der Waals surface area contributed by atoms with Crippen LogP contribution in [0.3, 0.4) is 0 Å². The summed E-state index contributed by atoms with van der Waals surface area (Å²) in [5, 5.41) is 12.1. The van der Waals surface area contributed by atoms with E-state index in [4.69, 9.17) is 16.7 Å². The highest BCUT2D eigenvalue weighted by Crippen LogP contribution is 2.21. The zero-order valence-electron chi connectivity index (χ0n) is 10.8. The highest BCUT2D eigenvalue weighted by Gasteiger charge is 2.12. The van der Waals surface area contributed by atoms with E-state index in [1.807, 2.05) is 0 Å². The molecule has 0 bridgehead atoms. The van der Waals surface area contributed by atoms with Crippen LogP contribution in [-0.4, -0.2) is 17.0 Å². The molecular weight excluding hydrogens is 405 g/mol. The molecule has 0 saturated heterocycles. The van der Waals surface area contributed by atoms with Gasteiger partial charge in [-0.25, -0.2) is 0 Å². The molecule has 2 aromatic rings. The lowest BCUT2D eigenvalue weighted by Crippen LogP contribution is -2.14. The molecule has 1 amide bonds. The van der Waals surface area contributed by atoms with Crippen LogP contribution in [0.15, 0.2) is 42.5 Å². The number of hydrogen-bond acceptors (Lipinski definition) is 2. The second-order valence-corrected chi connectivity index (χ2v) is 5.88. The Morgan fingerprint density at radius 3 is 2.57 bits per heavy atom. The van der Waals surface area contributed by atoms with Gasteiger partial charge in [-0.05, 0) is 52.4 Å². The van der Waals surface area contributed by atoms with Crippen LogP contribution in [0.4, 0.5) is 5.69 Å². The summed E-state index contributed by atoms with van der Waals surface area (Å²) in [4.78, 5) is 23.0. The van der Waals surface area contributed by atoms with Gasteiger partial charge in [0.1, 0.15) is 0 Å². The van der Waals surface area contributed by atoms with E-state index in [0.29, 0.717) is 21.8 Å². The first kappa shape index (κ1) is 15.8. The molecule has 0 radical (unpaired) electrons. The lowest BCUT2D eigenvalue weighted by molar-refractivity contribution is -0.136. The molecule has 0 aliphatic heterocycles. The molecule has 0 aliphatic rings. The molecule has 0 aromatic heterocycles. The maximum Gasteiger partial charge on any atom is 0.307 e. The van der Waals surface area contributed by atoms with Gasteiger partial charge in [-0.15, -0.1) is 0 Å². The summed E-state index contributed by atoms with van der Waals surface area (Å²) in [6.07, 6.45) is -0.149. The molecule has 108 valence electrons. The minimum atomic E-state index is -0.950. The maximum absolute atomic E-state index is 12.2. The number of carbonyl (C=O) groups excluding carboxylic acids is 1. The first-order valence-electron chi connectivity index (χ1n) is 6.03. The number of carbonyl (C=O) groups is 2. The molecule has 0 unspecified atom stereocenters. The van der Waals surface area contributed by atoms with Crippen LogP contribution in [0.5, 0.6) is 0 Å². The molecule has 2 N–H and O–H groups in total. The fourth-order valence-electron chi connectivity index (χ4n) is 1.79. The number of benzene rings is 2. The largest absolute Gasteiger partial charge is 0.481 e. The van der Waals surface area contributed by atoms with Gasteiger partial charge >= 0.3 is 5.97 Å². The summed E-state index contributed by atoms with van der Waals surface area (Å²) in [5.74, 6) is -1.28. The molecule has 4 nitrogen and oxygen atoms in total. The van der Waals surface area contributed by atoms with Gasteiger partial charge in [-0.3, -0.25) is 9.59 Å². The lowest BCUT2D eigenvalue weighted by atomic mass is 10.1. The lowest BCUT2D eigenvalue weighted by Gasteiger charge is -2.10. The number of rotatable bonds is 4. The van der Waals surface area contributed by atoms with Crippen LogP contribution in [0, 0.1) is 3.57 Å². The third kappa shape index (κ3) is 4.18. The van der Waals surface area contributed by atoms with Crippen LogP contribution in [-0.2, 0) is 11.2 Å². The molecule has 0 saturated carbocycles. The average molecular weight is 416 g/mol. The minimum Gasteiger partial charge on any atom is -0.481 e. The highest BCUT2D eigenvalue weighted by molar-refractivity contribution is 14.1. The van der Waals surface area contributed by atoms with Crippen LogP contribution in [0.25, 0.3) is 0 Å². The van der Waals surface area contributed by atoms with Crippen molar-refractivity contribution in [3.63, 3.8) is 0 Å². The fraction of sp³-hybridized carbons (Fsp3) is 0.0667. The van der Waals surface area contributed by atoms with Crippen LogP contribution >= 0.6 is 34.2 Å². The van der Waals surface area contributed by atoms with E-state index < -0.39 is 5.97 Å². The third-order valence-electron chi connectivity index (χ3n) is 2.79. The van der Waals surface area contributed by atoms with E-state index in [0.717, 1.165) is 3.57 Å². The summed E-state index contributed by atoms with van der Waals surface area (Å²) in [7, 11) is 0. The molecule has 0 heterocycles. The van der Waals surface area contributed by atoms with E-state index in [2.05, 4.69) is 27.9 Å². The van der Waals surface area contributed by atoms with Gasteiger partial charge in [0.2, 0.25) is 0 Å². The number of halogens is 2. The minimum absolute atomic E-state index is 0.149. The summed E-state index contributed by atoms with van der Waals surface area (Å²) in [5.41, 5.74) is 1.46. The molecule has 6 heteroatoms. The van der Waals surface area contributed by atoms with Crippen LogP contribution < -0.4 is 5.32 Å². The van der Waals surface area contributed by atoms with Gasteiger partial charge in [0.15, 0.2) is 0 Å². The van der Waals surface area contributed by atoms with Crippen molar-refractivity contribution in [1.29, 1.82) is 0 Å². The van der Waals surface area contributed by atoms with Crippen LogP contribution in [0.2, 0.25) is 5.02 Å². The molecule has 0 spiro atoms. The summed E-state index contributed by atoms with van der Waals surface area (Å²) < 4.78 is 0.858. The average Bonchev–Trinajstić information content (AvgIpc) is 2.43. The predicted molar refractivity (Wildman–Crippen MR) is 89.9 cm³/mol. The first-order valence-corrected chi connectivity index (χ1v) is 7.49. The summed E-state index contributed by atoms with van der Waals surface area (Å²) in [6, 6.07) is 11.8. The zero-order chi connectivity index (χ0) is 15.4. The number of carboxylic acids is 1. The summed E-state index contributed by atoms with van der Waals surface area (Å²) >= 11 is 8.07. The van der Waals surface area contributed by atoms with Crippen molar-refractivity contribution in [2.45, 2.75) is 6.42 Å². The Kier molecular flexibility index (Phi) is 5.19. The number of amides is 1. The van der Waals surface area contributed by atoms with Gasteiger partial charge in [-0.2, -0.15) is 0 Å². The number of carboxylic acid groups (broad SMARTS) is 1. The third-order valence-corrected chi connectivity index (χ3v) is 4.36. The monoisotopic (exact) mass is 415 g/mol. The second-order valence-electron chi connectivity index (χ2n) is 4.31. The molecule has 0 atom stereocenters. The van der Waals surface area contributed by atoms with Crippen LogP contribution in [0.1, 0.15) is 15.9 Å². The van der Waals surface area contributed by atoms with Crippen molar-refractivity contribution in [2.24, 2.45) is 0 Å². The first-order chi connectivity index (χ1) is 9.97. The molecule has 2 rings (SSSR count). The van der Waals surface area contributed by atoms with E-state index in [1.54, 1.807) is 42.5 Å². The highest BCUT2D eigenvalue weighted by atomic mass is 127. The SMILES string of the molecule is O=C(O)Cc1ccccc1NC(=O)c1ccc(I)c(Cl)c1. The Bertz CT molecular complexity index is 703. The number of nitrogens with one attached hydrogen (secondary N) is 1. The number of para-hydroxylation sites is 1. The Balaban J connectivity index is 2.23. The smallest absolute Gasteiger partial charge is 0.307 e. The van der Waals surface area contributed by atoms with Gasteiger partial charge in [0, 0.05) is 14.8 Å². The Morgan fingerprint density at radius 1 is 1.19 bits per heavy atom. The van der Waals surface area contributed by atoms with Crippen molar-refractivity contribution < 1.29 is 14.7 Å². The van der Waals surface area contributed by atoms with Crippen molar-refractivity contribution in [1.82, 2.24) is 0 Å². The maximum atomic E-state index is 12.2. The van der Waals surface area contributed by atoms with E-state index in [9.17, 15) is 9.59 Å². The van der Waals surface area contributed by atoms with Crippen molar-refractivity contribution in [2.75, 3.05) is 5.32 Å². The number of hydrogen-bond donors (Lipinski definition) is 2. The Hall–Kier alpha value is -1.60. The van der Waals surface area contributed by atoms with E-state index >= 15 is 0 Å². The molecule has 0 fully saturated rings. The predicted octanol–water partition coefficient (Wildman–Crippen LogP) is 3.82. The quantitative estimate of drug-likeness (QED) is 0.746. The van der Waals surface area contributed by atoms with Crippen molar-refractivity contribution >= 4 is 51.8 Å². The Morgan fingerprint density at radius 2 is 1.90 bits per heavy atom. The van der Waals surface area contributed by atoms with E-state index in [1.165, 1.54) is 0 Å². The molecular formula is C15H11ClINO3. The normalized spacial score (nSPS) is 10.2. The second kappa shape index (κ2) is 6.91. The van der Waals surface area contributed by atoms with Gasteiger partial charge in [-0.1, -0.05) is 29.8 Å². The standard InChI is InChI=1S/C15H11ClINO3/c16-11-7-10(5-6-12(11)17)15(21)18-13-4-2-1-3-9(13)8-14(19)20/h1-7H,8H2,(H,18,21)(H,19,20). The van der Waals surface area contributed by atoms with E-state index in [-0.39, 0.29) is 12.3 Å². The topological polar surface area (TPSA) is 66.4 Å². The van der Waals surface area contributed by atoms with Gasteiger partial charge in [0.05, 0.1) is 11.4 Å². The van der Waals surface area contributed by atoms with Crippen molar-refractivity contribution in [3.05, 3.63) is 62.2 Å². The number of aliphatic carboxylic acids is 1. The van der Waals surface area contributed by atoms with Gasteiger partial charge in [0.25, 0.3) is 5.91 Å². The fourth-order valence-corrected chi connectivity index (χ4v) is 2.31. The molecule has 0 aliphatic carbocycles.